The van der Waals surface area contributed by atoms with Gasteiger partial charge in [-0.2, -0.15) is 0 Å². The van der Waals surface area contributed by atoms with Crippen molar-refractivity contribution in [1.29, 1.82) is 0 Å². The van der Waals surface area contributed by atoms with Crippen molar-refractivity contribution >= 4 is 108 Å². The molecule has 16 heterocycles. The van der Waals surface area contributed by atoms with Gasteiger partial charge in [0.25, 0.3) is 0 Å². The number of anilines is 7. The fourth-order valence-corrected chi connectivity index (χ4v) is 15.9. The fraction of sp³-hybridized carbons (Fsp3) is 0.381. The van der Waals surface area contributed by atoms with Crippen molar-refractivity contribution in [2.75, 3.05) is 139 Å². The monoisotopic (exact) mass is 1450 g/mol. The summed E-state index contributed by atoms with van der Waals surface area (Å²) in [6, 6.07) is 49.3. The van der Waals surface area contributed by atoms with Gasteiger partial charge in [0.1, 0.15) is 22.6 Å². The second-order valence-corrected chi connectivity index (χ2v) is 30.4. The molecule has 8 aliphatic rings. The number of pyridine rings is 4. The van der Waals surface area contributed by atoms with E-state index in [2.05, 4.69) is 188 Å². The lowest BCUT2D eigenvalue weighted by molar-refractivity contribution is 0.438. The van der Waals surface area contributed by atoms with Crippen LogP contribution in [0.1, 0.15) is 99.8 Å². The molecule has 0 bridgehead atoms. The van der Waals surface area contributed by atoms with Crippen LogP contribution in [-0.2, 0) is 0 Å². The van der Waals surface area contributed by atoms with Gasteiger partial charge in [0, 0.05) is 200 Å². The van der Waals surface area contributed by atoms with Gasteiger partial charge in [-0.05, 0) is 122 Å². The van der Waals surface area contributed by atoms with Crippen LogP contribution in [0, 0.1) is 23.7 Å². The normalized spacial score (nSPS) is 20.1. The molecule has 20 rings (SSSR count). The molecule has 1 N–H and O–H groups in total. The third kappa shape index (κ3) is 16.2. The summed E-state index contributed by atoms with van der Waals surface area (Å²) >= 11 is 5.71. The number of halogens is 2. The molecule has 22 heteroatoms. The Morgan fingerprint density at radius 3 is 0.830 bits per heavy atom. The lowest BCUT2D eigenvalue weighted by Crippen LogP contribution is -2.46. The lowest BCUT2D eigenvalue weighted by atomic mass is 9.95. The van der Waals surface area contributed by atoms with E-state index in [0.717, 1.165) is 214 Å². The quantitative estimate of drug-likeness (QED) is 0.120. The topological polar surface area (TPSA) is 189 Å². The van der Waals surface area contributed by atoms with E-state index in [0.29, 0.717) is 28.8 Å². The number of nitrogens with one attached hydrogen (secondary N) is 1. The highest BCUT2D eigenvalue weighted by Crippen LogP contribution is 2.40. The van der Waals surface area contributed by atoms with E-state index in [1.54, 1.807) is 6.07 Å². The molecule has 4 atom stereocenters. The van der Waals surface area contributed by atoms with Gasteiger partial charge < -0.3 is 39.6 Å². The van der Waals surface area contributed by atoms with E-state index < -0.39 is 0 Å². The zero-order valence-electron chi connectivity index (χ0n) is 61.0. The first-order chi connectivity index (χ1) is 51.5. The van der Waals surface area contributed by atoms with Crippen LogP contribution in [0.4, 0.5) is 40.7 Å². The first kappa shape index (κ1) is 71.6. The van der Waals surface area contributed by atoms with Gasteiger partial charge in [-0.3, -0.25) is 19.9 Å². The number of nitrogens with zero attached hydrogens (tertiary/aromatic N) is 19. The molecule has 8 saturated heterocycles. The third-order valence-corrected chi connectivity index (χ3v) is 22.2. The molecule has 8 aromatic heterocycles. The average molecular weight is 1450 g/mol. The summed E-state index contributed by atoms with van der Waals surface area (Å²) in [6.07, 6.45) is 19.6. The SMILES string of the molecule is CC1CCN(c2nccnc2C2CN(c3ccc4ccccc4n3)C2)C1.CC1CCN(c2nccnc2C2CNC2)C1.C[C@@H]1CCN(c2nccnc2C2CN(c3ccc4ccccc4n3)C2)C1.C[C@H]1CCN(c2nccnc2C2CN(c3ccc4ccccc4n3)C2)C1.Cl.Clc1ccc2ccccc2n1. The van der Waals surface area contributed by atoms with E-state index in [1.807, 2.05) is 98.1 Å². The molecule has 106 heavy (non-hydrogen) atoms. The minimum Gasteiger partial charge on any atom is -0.355 e. The Balaban J connectivity index is 0.000000109. The van der Waals surface area contributed by atoms with Crippen LogP contribution < -0.4 is 39.6 Å². The highest BCUT2D eigenvalue weighted by atomic mass is 35.5. The molecule has 0 aliphatic carbocycles. The zero-order valence-corrected chi connectivity index (χ0v) is 62.6. The lowest BCUT2D eigenvalue weighted by Gasteiger charge is -2.40. The summed E-state index contributed by atoms with van der Waals surface area (Å²) in [7, 11) is 0. The van der Waals surface area contributed by atoms with Gasteiger partial charge in [-0.15, -0.1) is 12.4 Å². The maximum Gasteiger partial charge on any atom is 0.150 e. The minimum atomic E-state index is 0. The fourth-order valence-electron chi connectivity index (χ4n) is 15.7. The van der Waals surface area contributed by atoms with Crippen LogP contribution in [0.3, 0.4) is 0 Å². The first-order valence-electron chi connectivity index (χ1n) is 37.8. The highest BCUT2D eigenvalue weighted by Gasteiger charge is 2.38. The van der Waals surface area contributed by atoms with Crippen molar-refractivity contribution in [3.05, 3.63) is 223 Å². The molecule has 544 valence electrons. The van der Waals surface area contributed by atoms with Crippen molar-refractivity contribution in [3.63, 3.8) is 0 Å². The Bertz CT molecular complexity index is 4580. The Morgan fingerprint density at radius 2 is 0.557 bits per heavy atom. The van der Waals surface area contributed by atoms with Crippen LogP contribution in [0.5, 0.6) is 0 Å². The number of hydrogen-bond donors (Lipinski definition) is 1. The van der Waals surface area contributed by atoms with Crippen LogP contribution in [-0.4, -0.2) is 165 Å². The first-order valence-corrected chi connectivity index (χ1v) is 38.2. The van der Waals surface area contributed by atoms with Crippen molar-refractivity contribution in [2.24, 2.45) is 23.7 Å². The van der Waals surface area contributed by atoms with Crippen molar-refractivity contribution in [2.45, 2.75) is 77.0 Å². The number of hydrogen-bond acceptors (Lipinski definition) is 20. The zero-order chi connectivity index (χ0) is 71.2. The number of rotatable bonds is 11. The van der Waals surface area contributed by atoms with Gasteiger partial charge in [0.2, 0.25) is 0 Å². The number of fused-ring (bicyclic) bond motifs is 4. The molecule has 8 fully saturated rings. The molecular weight excluding hydrogens is 1360 g/mol. The predicted octanol–water partition coefficient (Wildman–Crippen LogP) is 14.7. The number of benzene rings is 4. The minimum absolute atomic E-state index is 0. The maximum absolute atomic E-state index is 5.71. The molecule has 0 saturated carbocycles. The van der Waals surface area contributed by atoms with E-state index in [4.69, 9.17) is 41.5 Å². The second-order valence-electron chi connectivity index (χ2n) is 30.0. The van der Waals surface area contributed by atoms with Crippen molar-refractivity contribution < 1.29 is 0 Å². The Kier molecular flexibility index (Phi) is 22.1. The molecule has 12 aromatic rings. The molecule has 0 radical (unpaired) electrons. The Hall–Kier alpha value is -10.0. The van der Waals surface area contributed by atoms with Gasteiger partial charge >= 0.3 is 0 Å². The average Bonchev–Trinajstić information content (AvgIpc) is 0.964. The highest BCUT2D eigenvalue weighted by molar-refractivity contribution is 6.29. The summed E-state index contributed by atoms with van der Waals surface area (Å²) in [6.45, 7) is 25.9. The molecular formula is C84H94Cl2N20. The van der Waals surface area contributed by atoms with Gasteiger partial charge in [-0.25, -0.2) is 39.9 Å². The summed E-state index contributed by atoms with van der Waals surface area (Å²) in [4.78, 5) is 72.4. The summed E-state index contributed by atoms with van der Waals surface area (Å²) in [5.41, 5.74) is 8.75. The standard InChI is InChI=1S/3C21H23N5.C12H18N4.C9H6ClN.ClH/c3*1-15-8-11-25(12-15)21-20(22-9-10-23-21)17-13-26(14-17)19-7-6-16-4-2-3-5-18(16)24-19;1-9-2-5-16(8-9)12-11(10-6-13-7-10)14-3-4-15-12;10-9-6-5-7-3-1-2-4-8(7)11-9;/h3*2-7,9-10,15,17H,8,11-14H2,1H3;3-4,9-10,13H,2,5-8H2,1H3;1-6H;1H/t2*15-;;;;/m10..../s1. The van der Waals surface area contributed by atoms with Crippen LogP contribution in [0.15, 0.2) is 195 Å². The van der Waals surface area contributed by atoms with E-state index in [1.165, 1.54) is 47.5 Å². The summed E-state index contributed by atoms with van der Waals surface area (Å²) in [5, 5.41) is 8.53. The van der Waals surface area contributed by atoms with Gasteiger partial charge in [0.05, 0.1) is 44.8 Å². The second kappa shape index (κ2) is 32.8. The third-order valence-electron chi connectivity index (χ3n) is 22.0. The maximum atomic E-state index is 5.71. The smallest absolute Gasteiger partial charge is 0.150 e. The molecule has 4 aromatic carbocycles. The summed E-state index contributed by atoms with van der Waals surface area (Å²) < 4.78 is 0. The molecule has 8 aliphatic heterocycles. The molecule has 20 nitrogen and oxygen atoms in total. The summed E-state index contributed by atoms with van der Waals surface area (Å²) in [5.74, 6) is 12.4. The van der Waals surface area contributed by atoms with E-state index >= 15 is 0 Å². The molecule has 2 unspecified atom stereocenters. The Morgan fingerprint density at radius 1 is 0.292 bits per heavy atom. The largest absolute Gasteiger partial charge is 0.355 e. The van der Waals surface area contributed by atoms with Crippen molar-refractivity contribution in [1.82, 2.24) is 65.1 Å². The number of para-hydroxylation sites is 4. The van der Waals surface area contributed by atoms with E-state index in [-0.39, 0.29) is 12.4 Å². The van der Waals surface area contributed by atoms with Gasteiger partial charge in [-0.1, -0.05) is 112 Å². The van der Waals surface area contributed by atoms with Crippen LogP contribution >= 0.6 is 24.0 Å². The van der Waals surface area contributed by atoms with Crippen LogP contribution in [0.25, 0.3) is 43.6 Å². The Labute approximate surface area is 632 Å². The van der Waals surface area contributed by atoms with Crippen molar-refractivity contribution in [3.8, 4) is 0 Å². The van der Waals surface area contributed by atoms with Gasteiger partial charge in [0.15, 0.2) is 23.3 Å². The van der Waals surface area contributed by atoms with Crippen LogP contribution in [0.2, 0.25) is 5.15 Å². The van der Waals surface area contributed by atoms with E-state index in [9.17, 15) is 0 Å². The molecule has 0 amide bonds. The number of aromatic nitrogens is 12. The molecule has 0 spiro atoms. The predicted molar refractivity (Wildman–Crippen MR) is 432 cm³/mol.